The van der Waals surface area contributed by atoms with Crippen LogP contribution in [0.25, 0.3) is 11.4 Å². The van der Waals surface area contributed by atoms with Crippen LogP contribution in [-0.2, 0) is 33.2 Å². The van der Waals surface area contributed by atoms with Gasteiger partial charge in [0.2, 0.25) is 11.8 Å². The predicted molar refractivity (Wildman–Crippen MR) is 233 cm³/mol. The minimum atomic E-state index is -0.699. The number of amides is 4. The first-order valence-corrected chi connectivity index (χ1v) is 20.4. The zero-order valence-electron chi connectivity index (χ0n) is 32.9. The third-order valence-corrected chi connectivity index (χ3v) is 10.1. The van der Waals surface area contributed by atoms with E-state index in [1.54, 1.807) is 76.5 Å². The topological polar surface area (TPSA) is 241 Å². The second kappa shape index (κ2) is 20.5. The number of hydrogen-bond acceptors (Lipinski definition) is 14. The fourth-order valence-corrected chi connectivity index (χ4v) is 6.78. The van der Waals surface area contributed by atoms with Crippen LogP contribution in [0.3, 0.4) is 0 Å². The molecule has 0 bridgehead atoms. The number of nitrogens with one attached hydrogen (secondary N) is 4. The standard InChI is InChI=1S/C19H17ClN6O4.C12H12BrClN4O2.C7H5BrN2O2/c1-10(11-5-3-4-6-12(11)20)30-19(28)23-17-16(24-25-26(17)2)13-7-8-14-18(22-13)29-9-15(27)21-14;1-7(8-5-3-4-6-9(8)14)20-12(19)15-11-10(13)16-17-18(11)2;8-5-2-1-4-7(10-5)12-3-6(11)9-4/h3-8,10H,9H2,1-2H3,(H,21,27)(H,23,28);3-7H,1-2H3,(H,15,19);1-2H,3H2,(H,9,11)/t10-;7-;/m11./s1. The van der Waals surface area contributed by atoms with Gasteiger partial charge in [-0.3, -0.25) is 20.2 Å². The van der Waals surface area contributed by atoms with Gasteiger partial charge in [-0.2, -0.15) is 0 Å². The molecule has 0 saturated carbocycles. The maximum absolute atomic E-state index is 12.5. The Morgan fingerprint density at radius 3 is 1.73 bits per heavy atom. The third kappa shape index (κ3) is 11.5. The Balaban J connectivity index is 0.000000171. The van der Waals surface area contributed by atoms with Gasteiger partial charge in [-0.05, 0) is 82.1 Å². The minimum Gasteiger partial charge on any atom is -0.466 e. The van der Waals surface area contributed by atoms with Gasteiger partial charge >= 0.3 is 12.2 Å². The van der Waals surface area contributed by atoms with Gasteiger partial charge in [0, 0.05) is 35.3 Å². The Labute approximate surface area is 379 Å². The molecule has 2 aliphatic heterocycles. The van der Waals surface area contributed by atoms with Crippen molar-refractivity contribution < 1.29 is 38.1 Å². The van der Waals surface area contributed by atoms with E-state index in [4.69, 9.17) is 42.1 Å². The molecule has 8 rings (SSSR count). The number of ether oxygens (including phenoxy) is 4. The van der Waals surface area contributed by atoms with Crippen molar-refractivity contribution in [3.05, 3.63) is 103 Å². The lowest BCUT2D eigenvalue weighted by molar-refractivity contribution is -0.119. The van der Waals surface area contributed by atoms with Crippen molar-refractivity contribution in [1.82, 2.24) is 40.0 Å². The van der Waals surface area contributed by atoms with Gasteiger partial charge in [-0.25, -0.2) is 28.9 Å². The Morgan fingerprint density at radius 1 is 0.710 bits per heavy atom. The lowest BCUT2D eigenvalue weighted by Gasteiger charge is -2.17. The van der Waals surface area contributed by atoms with Crippen molar-refractivity contribution >= 4 is 102 Å². The molecule has 4 amide bonds. The summed E-state index contributed by atoms with van der Waals surface area (Å²) >= 11 is 18.6. The van der Waals surface area contributed by atoms with Crippen LogP contribution in [0.1, 0.15) is 37.2 Å². The minimum absolute atomic E-state index is 0.0381. The van der Waals surface area contributed by atoms with E-state index in [-0.39, 0.29) is 30.9 Å². The van der Waals surface area contributed by atoms with Crippen LogP contribution in [0.15, 0.2) is 82.0 Å². The van der Waals surface area contributed by atoms with E-state index < -0.39 is 24.4 Å². The molecule has 4 aromatic heterocycles. The number of fused-ring (bicyclic) bond motifs is 2. The summed E-state index contributed by atoms with van der Waals surface area (Å²) in [6.45, 7) is 3.38. The molecule has 62 heavy (non-hydrogen) atoms. The van der Waals surface area contributed by atoms with Crippen LogP contribution in [0.2, 0.25) is 10.0 Å². The van der Waals surface area contributed by atoms with Crippen molar-refractivity contribution in [2.75, 3.05) is 34.5 Å². The van der Waals surface area contributed by atoms with Gasteiger partial charge in [-0.15, -0.1) is 10.2 Å². The molecule has 0 unspecified atom stereocenters. The highest BCUT2D eigenvalue weighted by Crippen LogP contribution is 2.32. The number of carbonyl (C=O) groups is 4. The monoisotopic (exact) mass is 1010 g/mol. The first-order chi connectivity index (χ1) is 29.7. The molecule has 4 N–H and O–H groups in total. The second-order valence-electron chi connectivity index (χ2n) is 12.9. The van der Waals surface area contributed by atoms with E-state index in [0.29, 0.717) is 65.1 Å². The Hall–Kier alpha value is -6.36. The number of aromatic nitrogens is 8. The highest BCUT2D eigenvalue weighted by atomic mass is 79.9. The average Bonchev–Trinajstić information content (AvgIpc) is 3.76. The number of rotatable bonds is 7. The highest BCUT2D eigenvalue weighted by Gasteiger charge is 2.24. The number of hydrogen-bond donors (Lipinski definition) is 4. The summed E-state index contributed by atoms with van der Waals surface area (Å²) in [7, 11) is 3.28. The van der Waals surface area contributed by atoms with Gasteiger partial charge in [-0.1, -0.05) is 70.0 Å². The second-order valence-corrected chi connectivity index (χ2v) is 15.2. The zero-order valence-corrected chi connectivity index (χ0v) is 37.5. The number of anilines is 4. The summed E-state index contributed by atoms with van der Waals surface area (Å²) in [4.78, 5) is 54.9. The molecular weight excluding hydrogens is 983 g/mol. The smallest absolute Gasteiger partial charge is 0.413 e. The number of nitrogens with zero attached hydrogens (tertiary/aromatic N) is 8. The van der Waals surface area contributed by atoms with Crippen molar-refractivity contribution in [2.24, 2.45) is 14.1 Å². The van der Waals surface area contributed by atoms with E-state index in [9.17, 15) is 19.2 Å². The molecule has 2 aromatic carbocycles. The lowest BCUT2D eigenvalue weighted by Crippen LogP contribution is -2.26. The number of pyridine rings is 2. The molecular formula is C38H34Br2Cl2N12O8. The maximum atomic E-state index is 12.5. The summed E-state index contributed by atoms with van der Waals surface area (Å²) in [5.74, 6) is 1.03. The summed E-state index contributed by atoms with van der Waals surface area (Å²) in [6, 6.07) is 21.1. The SMILES string of the molecule is C[C@@H](OC(=O)Nc1c(-c2ccc3c(n2)OCC(=O)N3)nnn1C)c1ccccc1Cl.C[C@@H](OC(=O)Nc1c(Br)nnn1C)c1ccccc1Cl.O=C1COc2nc(Br)ccc2N1. The first-order valence-electron chi connectivity index (χ1n) is 18.1. The molecule has 0 spiro atoms. The van der Waals surface area contributed by atoms with Gasteiger partial charge in [0.05, 0.1) is 5.69 Å². The van der Waals surface area contributed by atoms with Gasteiger partial charge in [0.25, 0.3) is 11.8 Å². The van der Waals surface area contributed by atoms with Crippen LogP contribution in [-0.4, -0.2) is 77.2 Å². The van der Waals surface area contributed by atoms with Crippen LogP contribution in [0.5, 0.6) is 11.8 Å². The van der Waals surface area contributed by atoms with Gasteiger partial charge in [0.1, 0.15) is 28.2 Å². The fourth-order valence-electron chi connectivity index (χ4n) is 5.49. The summed E-state index contributed by atoms with van der Waals surface area (Å²) in [5.41, 5.74) is 3.24. The number of halogens is 4. The Bertz CT molecular complexity index is 2610. The first kappa shape index (κ1) is 45.2. The van der Waals surface area contributed by atoms with E-state index in [1.165, 1.54) is 9.36 Å². The molecule has 2 atom stereocenters. The van der Waals surface area contributed by atoms with Crippen molar-refractivity contribution in [2.45, 2.75) is 26.1 Å². The average molecular weight is 1020 g/mol. The lowest BCUT2D eigenvalue weighted by atomic mass is 10.1. The van der Waals surface area contributed by atoms with Crippen LogP contribution < -0.4 is 30.7 Å². The Kier molecular flexibility index (Phi) is 14.9. The van der Waals surface area contributed by atoms with E-state index in [0.717, 1.165) is 5.56 Å². The van der Waals surface area contributed by atoms with Crippen LogP contribution >= 0.6 is 55.1 Å². The maximum Gasteiger partial charge on any atom is 0.413 e. The van der Waals surface area contributed by atoms with E-state index >= 15 is 0 Å². The number of carbonyl (C=O) groups excluding carboxylic acids is 4. The summed E-state index contributed by atoms with van der Waals surface area (Å²) < 4.78 is 25.1. The third-order valence-electron chi connectivity index (χ3n) is 8.46. The summed E-state index contributed by atoms with van der Waals surface area (Å²) in [6.07, 6.45) is -2.34. The van der Waals surface area contributed by atoms with Crippen LogP contribution in [0, 0.1) is 0 Å². The largest absolute Gasteiger partial charge is 0.466 e. The molecule has 0 fully saturated rings. The molecule has 20 nitrogen and oxygen atoms in total. The number of benzene rings is 2. The van der Waals surface area contributed by atoms with Crippen LogP contribution in [0.4, 0.5) is 32.6 Å². The summed E-state index contributed by atoms with van der Waals surface area (Å²) in [5, 5.41) is 27.1. The molecule has 0 radical (unpaired) electrons. The molecule has 6 heterocycles. The fraction of sp³-hybridized carbons (Fsp3) is 0.211. The Morgan fingerprint density at radius 2 is 1.19 bits per heavy atom. The highest BCUT2D eigenvalue weighted by molar-refractivity contribution is 9.10. The molecule has 0 saturated heterocycles. The quantitative estimate of drug-likeness (QED) is 0.111. The van der Waals surface area contributed by atoms with Crippen molar-refractivity contribution in [3.8, 4) is 23.1 Å². The molecule has 24 heteroatoms. The van der Waals surface area contributed by atoms with E-state index in [1.807, 2.05) is 24.3 Å². The molecule has 2 aliphatic rings. The van der Waals surface area contributed by atoms with Gasteiger partial charge < -0.3 is 29.6 Å². The zero-order chi connectivity index (χ0) is 44.5. The van der Waals surface area contributed by atoms with Crippen molar-refractivity contribution in [1.29, 1.82) is 0 Å². The predicted octanol–water partition coefficient (Wildman–Crippen LogP) is 7.89. The van der Waals surface area contributed by atoms with Crippen molar-refractivity contribution in [3.63, 3.8) is 0 Å². The molecule has 6 aromatic rings. The van der Waals surface area contributed by atoms with Gasteiger partial charge in [0.15, 0.2) is 35.1 Å². The normalized spacial score (nSPS) is 13.3. The molecule has 322 valence electrons. The molecule has 0 aliphatic carbocycles. The number of aryl methyl sites for hydroxylation is 2. The van der Waals surface area contributed by atoms with E-state index in [2.05, 4.69) is 83.7 Å².